The number of rotatable bonds is 3. The molecule has 102 valence electrons. The molecule has 0 amide bonds. The van der Waals surface area contributed by atoms with Gasteiger partial charge < -0.3 is 15.6 Å². The zero-order chi connectivity index (χ0) is 14.1. The summed E-state index contributed by atoms with van der Waals surface area (Å²) in [5.74, 6) is 0.841. The molecule has 2 aromatic heterocycles. The largest absolute Gasteiger partial charge is 0.398 e. The third kappa shape index (κ3) is 2.07. The molecular weight excluding hydrogens is 252 g/mol. The second kappa shape index (κ2) is 4.85. The first-order valence-corrected chi connectivity index (χ1v) is 6.44. The number of hydrogen-bond donors (Lipinski definition) is 2. The van der Waals surface area contributed by atoms with Crippen molar-refractivity contribution in [2.45, 2.75) is 20.4 Å². The highest BCUT2D eigenvalue weighted by atomic mass is 16.5. The third-order valence-electron chi connectivity index (χ3n) is 3.49. The molecule has 5 nitrogen and oxygen atoms in total. The van der Waals surface area contributed by atoms with Crippen molar-refractivity contribution in [3.8, 4) is 0 Å². The maximum atomic E-state index is 5.98. The fraction of sp³-hybridized carbons (Fsp3) is 0.200. The lowest BCUT2D eigenvalue weighted by Crippen LogP contribution is -2.02. The highest BCUT2D eigenvalue weighted by molar-refractivity contribution is 6.00. The number of nitrogens with two attached hydrogens (primary N) is 1. The predicted molar refractivity (Wildman–Crippen MR) is 79.5 cm³/mol. The minimum absolute atomic E-state index is 0.662. The van der Waals surface area contributed by atoms with E-state index in [1.165, 1.54) is 0 Å². The quantitative estimate of drug-likeness (QED) is 0.714. The van der Waals surface area contributed by atoms with Crippen molar-refractivity contribution in [3.63, 3.8) is 0 Å². The topological polar surface area (TPSA) is 77.0 Å². The molecule has 0 atom stereocenters. The van der Waals surface area contributed by atoms with E-state index in [1.807, 2.05) is 38.2 Å². The van der Waals surface area contributed by atoms with Crippen LogP contribution >= 0.6 is 0 Å². The SMILES string of the molecule is Cc1noc(C)c1CNc1ccc(N)c2ccncc12. The van der Waals surface area contributed by atoms with Crippen molar-refractivity contribution < 1.29 is 4.52 Å². The normalized spacial score (nSPS) is 10.9. The molecule has 3 N–H and O–H groups in total. The summed E-state index contributed by atoms with van der Waals surface area (Å²) >= 11 is 0. The zero-order valence-corrected chi connectivity index (χ0v) is 11.5. The summed E-state index contributed by atoms with van der Waals surface area (Å²) in [6, 6.07) is 5.79. The van der Waals surface area contributed by atoms with Gasteiger partial charge >= 0.3 is 0 Å². The Kier molecular flexibility index (Phi) is 3.02. The second-order valence-corrected chi connectivity index (χ2v) is 4.78. The van der Waals surface area contributed by atoms with Gasteiger partial charge in [0.25, 0.3) is 0 Å². The Morgan fingerprint density at radius 1 is 1.20 bits per heavy atom. The molecule has 0 saturated carbocycles. The Morgan fingerprint density at radius 2 is 2.05 bits per heavy atom. The fourth-order valence-corrected chi connectivity index (χ4v) is 2.31. The van der Waals surface area contributed by atoms with E-state index in [0.29, 0.717) is 6.54 Å². The van der Waals surface area contributed by atoms with E-state index in [4.69, 9.17) is 10.3 Å². The van der Waals surface area contributed by atoms with Gasteiger partial charge in [0, 0.05) is 46.6 Å². The van der Waals surface area contributed by atoms with Gasteiger partial charge in [0.2, 0.25) is 0 Å². The third-order valence-corrected chi connectivity index (χ3v) is 3.49. The van der Waals surface area contributed by atoms with Gasteiger partial charge in [-0.3, -0.25) is 4.98 Å². The van der Waals surface area contributed by atoms with Gasteiger partial charge in [0.05, 0.1) is 5.69 Å². The summed E-state index contributed by atoms with van der Waals surface area (Å²) in [6.45, 7) is 4.52. The number of benzene rings is 1. The van der Waals surface area contributed by atoms with Crippen LogP contribution in [0.1, 0.15) is 17.0 Å². The Morgan fingerprint density at radius 3 is 2.80 bits per heavy atom. The number of nitrogen functional groups attached to an aromatic ring is 1. The van der Waals surface area contributed by atoms with Gasteiger partial charge in [0.1, 0.15) is 5.76 Å². The maximum absolute atomic E-state index is 5.98. The van der Waals surface area contributed by atoms with E-state index >= 15 is 0 Å². The van der Waals surface area contributed by atoms with Crippen molar-refractivity contribution in [3.05, 3.63) is 47.6 Å². The molecule has 0 saturated heterocycles. The van der Waals surface area contributed by atoms with Crippen LogP contribution in [0, 0.1) is 13.8 Å². The van der Waals surface area contributed by atoms with Gasteiger partial charge in [-0.25, -0.2) is 0 Å². The van der Waals surface area contributed by atoms with Crippen LogP contribution in [-0.2, 0) is 6.54 Å². The summed E-state index contributed by atoms with van der Waals surface area (Å²) in [5.41, 5.74) is 9.73. The maximum Gasteiger partial charge on any atom is 0.138 e. The molecule has 2 heterocycles. The number of nitrogens with one attached hydrogen (secondary N) is 1. The number of pyridine rings is 1. The van der Waals surface area contributed by atoms with Crippen LogP contribution in [0.4, 0.5) is 11.4 Å². The van der Waals surface area contributed by atoms with E-state index in [1.54, 1.807) is 6.20 Å². The van der Waals surface area contributed by atoms with Gasteiger partial charge in [-0.2, -0.15) is 0 Å². The zero-order valence-electron chi connectivity index (χ0n) is 11.5. The molecule has 5 heteroatoms. The molecule has 0 spiro atoms. The molecule has 1 aromatic carbocycles. The summed E-state index contributed by atoms with van der Waals surface area (Å²) in [5, 5.41) is 9.38. The summed E-state index contributed by atoms with van der Waals surface area (Å²) in [7, 11) is 0. The van der Waals surface area contributed by atoms with Crippen LogP contribution < -0.4 is 11.1 Å². The van der Waals surface area contributed by atoms with E-state index < -0.39 is 0 Å². The molecule has 0 aliphatic heterocycles. The number of aryl methyl sites for hydroxylation is 2. The molecule has 3 aromatic rings. The average molecular weight is 268 g/mol. The van der Waals surface area contributed by atoms with Crippen molar-refractivity contribution in [2.24, 2.45) is 0 Å². The first-order valence-electron chi connectivity index (χ1n) is 6.44. The smallest absolute Gasteiger partial charge is 0.138 e. The molecule has 0 aliphatic rings. The van der Waals surface area contributed by atoms with E-state index in [0.717, 1.165) is 39.2 Å². The highest BCUT2D eigenvalue weighted by Gasteiger charge is 2.10. The first-order chi connectivity index (χ1) is 9.66. The van der Waals surface area contributed by atoms with Crippen LogP contribution in [0.3, 0.4) is 0 Å². The van der Waals surface area contributed by atoms with Crippen molar-refractivity contribution in [2.75, 3.05) is 11.1 Å². The minimum Gasteiger partial charge on any atom is -0.398 e. The number of nitrogens with zero attached hydrogens (tertiary/aromatic N) is 2. The van der Waals surface area contributed by atoms with Crippen LogP contribution in [0.15, 0.2) is 35.1 Å². The van der Waals surface area contributed by atoms with E-state index in [9.17, 15) is 0 Å². The van der Waals surface area contributed by atoms with Gasteiger partial charge in [-0.15, -0.1) is 0 Å². The fourth-order valence-electron chi connectivity index (χ4n) is 2.31. The lowest BCUT2D eigenvalue weighted by atomic mass is 10.1. The van der Waals surface area contributed by atoms with Crippen LogP contribution in [0.2, 0.25) is 0 Å². The number of hydrogen-bond acceptors (Lipinski definition) is 5. The monoisotopic (exact) mass is 268 g/mol. The van der Waals surface area contributed by atoms with Crippen molar-refractivity contribution in [1.82, 2.24) is 10.1 Å². The molecule has 0 bridgehead atoms. The Balaban J connectivity index is 1.94. The molecule has 0 radical (unpaired) electrons. The molecule has 0 aliphatic carbocycles. The molecule has 3 rings (SSSR count). The second-order valence-electron chi connectivity index (χ2n) is 4.78. The highest BCUT2D eigenvalue weighted by Crippen LogP contribution is 2.28. The Bertz CT molecular complexity index is 744. The molecule has 0 fully saturated rings. The standard InChI is InChI=1S/C15H16N4O/c1-9-12(10(2)20-19-9)8-18-15-4-3-14(16)11-5-6-17-7-13(11)15/h3-7,18H,8,16H2,1-2H3. The Labute approximate surface area is 116 Å². The average Bonchev–Trinajstić information content (AvgIpc) is 2.78. The van der Waals surface area contributed by atoms with Crippen molar-refractivity contribution >= 4 is 22.1 Å². The first kappa shape index (κ1) is 12.5. The van der Waals surface area contributed by atoms with E-state index in [2.05, 4.69) is 15.5 Å². The lowest BCUT2D eigenvalue weighted by Gasteiger charge is -2.10. The van der Waals surface area contributed by atoms with Gasteiger partial charge in [-0.1, -0.05) is 5.16 Å². The predicted octanol–water partition coefficient (Wildman–Crippen LogP) is 3.03. The van der Waals surface area contributed by atoms with Crippen LogP contribution in [0.5, 0.6) is 0 Å². The number of fused-ring (bicyclic) bond motifs is 1. The van der Waals surface area contributed by atoms with Crippen LogP contribution in [-0.4, -0.2) is 10.1 Å². The minimum atomic E-state index is 0.662. The molecular formula is C15H16N4O. The molecule has 20 heavy (non-hydrogen) atoms. The Hall–Kier alpha value is -2.56. The number of anilines is 2. The van der Waals surface area contributed by atoms with E-state index in [-0.39, 0.29) is 0 Å². The van der Waals surface area contributed by atoms with Crippen LogP contribution in [0.25, 0.3) is 10.8 Å². The summed E-state index contributed by atoms with van der Waals surface area (Å²) in [4.78, 5) is 4.17. The number of aromatic nitrogens is 2. The summed E-state index contributed by atoms with van der Waals surface area (Å²) in [6.07, 6.45) is 3.57. The molecule has 0 unspecified atom stereocenters. The summed E-state index contributed by atoms with van der Waals surface area (Å²) < 4.78 is 5.17. The lowest BCUT2D eigenvalue weighted by molar-refractivity contribution is 0.392. The van der Waals surface area contributed by atoms with Gasteiger partial charge in [0.15, 0.2) is 0 Å². The van der Waals surface area contributed by atoms with Gasteiger partial charge in [-0.05, 0) is 32.0 Å². The van der Waals surface area contributed by atoms with Crippen molar-refractivity contribution in [1.29, 1.82) is 0 Å².